The molecule has 1 heterocycles. The number of aromatic nitrogens is 2. The van der Waals surface area contributed by atoms with Crippen LogP contribution in [0.4, 0.5) is 23.7 Å². The van der Waals surface area contributed by atoms with Crippen molar-refractivity contribution in [1.82, 2.24) is 15.1 Å². The van der Waals surface area contributed by atoms with Crippen LogP contribution in [0.1, 0.15) is 53.2 Å². The van der Waals surface area contributed by atoms with Crippen molar-refractivity contribution in [3.8, 4) is 22.8 Å². The van der Waals surface area contributed by atoms with E-state index in [4.69, 9.17) is 0 Å². The summed E-state index contributed by atoms with van der Waals surface area (Å²) in [5, 5.41) is 20.8. The monoisotopic (exact) mass is 578 g/mol. The number of hydrogen-bond donors (Lipinski definition) is 3. The van der Waals surface area contributed by atoms with E-state index in [2.05, 4.69) is 20.5 Å². The normalized spacial score (nSPS) is 13.6. The van der Waals surface area contributed by atoms with Crippen molar-refractivity contribution in [2.75, 3.05) is 11.9 Å². The smallest absolute Gasteiger partial charge is 0.507 e. The molecule has 5 rings (SSSR count). The van der Waals surface area contributed by atoms with Crippen molar-refractivity contribution >= 4 is 17.6 Å². The Morgan fingerprint density at radius 2 is 1.69 bits per heavy atom. The standard InChI is InChI=1S/C31H29F3N4O4/c32-31(33,34)42-24-13-10-22(11-14-24)29(40)36-23-12-15-28(39)25(18-23)26-19-27(21-8-4-5-9-21)38(37-26)30(41)35-17-16-20-6-2-1-3-7-20/h1-3,6-7,10-15,18-19,21,39H,4-5,8-9,16-17H2,(H,35,41)(H,36,40). The molecule has 8 nitrogen and oxygen atoms in total. The van der Waals surface area contributed by atoms with E-state index in [1.165, 1.54) is 35.0 Å². The molecule has 0 saturated heterocycles. The van der Waals surface area contributed by atoms with Crippen LogP contribution in [0, 0.1) is 0 Å². The number of nitrogens with one attached hydrogen (secondary N) is 2. The van der Waals surface area contributed by atoms with Gasteiger partial charge in [-0.05, 0) is 73.4 Å². The predicted molar refractivity (Wildman–Crippen MR) is 151 cm³/mol. The van der Waals surface area contributed by atoms with Crippen molar-refractivity contribution in [2.24, 2.45) is 0 Å². The van der Waals surface area contributed by atoms with Crippen molar-refractivity contribution in [1.29, 1.82) is 0 Å². The number of phenolic OH excluding ortho intramolecular Hbond substituents is 1. The third-order valence-electron chi connectivity index (χ3n) is 7.12. The quantitative estimate of drug-likeness (QED) is 0.198. The highest BCUT2D eigenvalue weighted by molar-refractivity contribution is 6.04. The van der Waals surface area contributed by atoms with E-state index >= 15 is 0 Å². The van der Waals surface area contributed by atoms with Crippen molar-refractivity contribution < 1.29 is 32.6 Å². The summed E-state index contributed by atoms with van der Waals surface area (Å²) in [5.41, 5.74) is 2.99. The molecule has 0 radical (unpaired) electrons. The Labute approximate surface area is 240 Å². The summed E-state index contributed by atoms with van der Waals surface area (Å²) in [4.78, 5) is 26.0. The molecule has 0 spiro atoms. The van der Waals surface area contributed by atoms with E-state index in [0.717, 1.165) is 49.1 Å². The van der Waals surface area contributed by atoms with E-state index in [9.17, 15) is 27.9 Å². The Bertz CT molecular complexity index is 1550. The highest BCUT2D eigenvalue weighted by Crippen LogP contribution is 2.38. The lowest BCUT2D eigenvalue weighted by Crippen LogP contribution is -2.32. The first-order chi connectivity index (χ1) is 20.2. The number of amides is 2. The molecule has 4 aromatic rings. The van der Waals surface area contributed by atoms with Crippen LogP contribution in [-0.4, -0.2) is 39.7 Å². The number of carbonyl (C=O) groups is 2. The van der Waals surface area contributed by atoms with Crippen LogP contribution in [0.25, 0.3) is 11.3 Å². The maximum atomic E-state index is 13.2. The molecule has 1 saturated carbocycles. The highest BCUT2D eigenvalue weighted by Gasteiger charge is 2.31. The van der Waals surface area contributed by atoms with Crippen molar-refractivity contribution in [2.45, 2.75) is 44.4 Å². The highest BCUT2D eigenvalue weighted by atomic mass is 19.4. The zero-order chi connectivity index (χ0) is 29.7. The van der Waals surface area contributed by atoms with Gasteiger partial charge in [-0.2, -0.15) is 9.78 Å². The molecule has 1 aliphatic rings. The first-order valence-electron chi connectivity index (χ1n) is 13.6. The summed E-state index contributed by atoms with van der Waals surface area (Å²) in [5.74, 6) is -0.946. The van der Waals surface area contributed by atoms with Gasteiger partial charge >= 0.3 is 12.4 Å². The number of aromatic hydroxyl groups is 1. The third-order valence-corrected chi connectivity index (χ3v) is 7.12. The molecule has 3 N–H and O–H groups in total. The lowest BCUT2D eigenvalue weighted by Gasteiger charge is -2.12. The molecular formula is C31H29F3N4O4. The Balaban J connectivity index is 1.34. The molecular weight excluding hydrogens is 549 g/mol. The fourth-order valence-electron chi connectivity index (χ4n) is 5.07. The molecule has 11 heteroatoms. The molecule has 1 aromatic heterocycles. The summed E-state index contributed by atoms with van der Waals surface area (Å²) in [6.07, 6.45) is -0.206. The number of ether oxygens (including phenoxy) is 1. The summed E-state index contributed by atoms with van der Waals surface area (Å²) in [6.45, 7) is 0.429. The van der Waals surface area contributed by atoms with Gasteiger partial charge in [-0.1, -0.05) is 43.2 Å². The number of benzene rings is 3. The van der Waals surface area contributed by atoms with Crippen LogP contribution >= 0.6 is 0 Å². The molecule has 2 amide bonds. The molecule has 0 bridgehead atoms. The van der Waals surface area contributed by atoms with E-state index in [0.29, 0.717) is 29.9 Å². The van der Waals surface area contributed by atoms with Gasteiger partial charge in [0.05, 0.1) is 11.4 Å². The van der Waals surface area contributed by atoms with Crippen molar-refractivity contribution in [3.63, 3.8) is 0 Å². The largest absolute Gasteiger partial charge is 0.573 e. The lowest BCUT2D eigenvalue weighted by molar-refractivity contribution is -0.274. The number of rotatable bonds is 8. The number of halogens is 3. The maximum Gasteiger partial charge on any atom is 0.573 e. The van der Waals surface area contributed by atoms with Crippen LogP contribution in [0.15, 0.2) is 78.9 Å². The predicted octanol–water partition coefficient (Wildman–Crippen LogP) is 6.86. The number of phenols is 1. The minimum absolute atomic E-state index is 0.0891. The first-order valence-corrected chi connectivity index (χ1v) is 13.6. The number of alkyl halides is 3. The second-order valence-electron chi connectivity index (χ2n) is 10.1. The van der Waals surface area contributed by atoms with Crippen LogP contribution in [0.5, 0.6) is 11.5 Å². The van der Waals surface area contributed by atoms with Crippen LogP contribution < -0.4 is 15.4 Å². The zero-order valence-corrected chi connectivity index (χ0v) is 22.5. The topological polar surface area (TPSA) is 105 Å². The molecule has 3 aromatic carbocycles. The minimum atomic E-state index is -4.83. The molecule has 0 atom stereocenters. The van der Waals surface area contributed by atoms with E-state index < -0.39 is 18.0 Å². The van der Waals surface area contributed by atoms with Crippen LogP contribution in [-0.2, 0) is 6.42 Å². The molecule has 218 valence electrons. The second-order valence-corrected chi connectivity index (χ2v) is 10.1. The maximum absolute atomic E-state index is 13.2. The van der Waals surface area contributed by atoms with Gasteiger partial charge in [0.2, 0.25) is 0 Å². The molecule has 0 aliphatic heterocycles. The SMILES string of the molecule is O=C(Nc1ccc(O)c(-c2cc(C3CCCC3)n(C(=O)NCCc3ccccc3)n2)c1)c1ccc(OC(F)(F)F)cc1. The summed E-state index contributed by atoms with van der Waals surface area (Å²) in [6, 6.07) is 20.2. The molecule has 42 heavy (non-hydrogen) atoms. The average molecular weight is 579 g/mol. The Hall–Kier alpha value is -4.80. The van der Waals surface area contributed by atoms with Gasteiger partial charge in [0, 0.05) is 29.3 Å². The number of hydrogen-bond acceptors (Lipinski definition) is 5. The van der Waals surface area contributed by atoms with Gasteiger partial charge in [-0.15, -0.1) is 13.2 Å². The van der Waals surface area contributed by atoms with Gasteiger partial charge in [-0.3, -0.25) is 4.79 Å². The number of carbonyl (C=O) groups excluding carboxylic acids is 2. The summed E-state index contributed by atoms with van der Waals surface area (Å²) in [7, 11) is 0. The summed E-state index contributed by atoms with van der Waals surface area (Å²) >= 11 is 0. The van der Waals surface area contributed by atoms with Gasteiger partial charge in [0.1, 0.15) is 11.5 Å². The van der Waals surface area contributed by atoms with Crippen LogP contribution in [0.3, 0.4) is 0 Å². The zero-order valence-electron chi connectivity index (χ0n) is 22.5. The van der Waals surface area contributed by atoms with Gasteiger partial charge in [-0.25, -0.2) is 4.79 Å². The molecule has 1 fully saturated rings. The number of nitrogens with zero attached hydrogens (tertiary/aromatic N) is 2. The van der Waals surface area contributed by atoms with Gasteiger partial charge in [0.25, 0.3) is 5.91 Å². The van der Waals surface area contributed by atoms with E-state index in [-0.39, 0.29) is 23.3 Å². The van der Waals surface area contributed by atoms with E-state index in [1.54, 1.807) is 6.07 Å². The van der Waals surface area contributed by atoms with Gasteiger partial charge < -0.3 is 20.5 Å². The Kier molecular flexibility index (Phi) is 8.46. The fourth-order valence-corrected chi connectivity index (χ4v) is 5.07. The van der Waals surface area contributed by atoms with Crippen molar-refractivity contribution in [3.05, 3.63) is 95.7 Å². The molecule has 1 aliphatic carbocycles. The second kappa shape index (κ2) is 12.4. The third kappa shape index (κ3) is 7.09. The Morgan fingerprint density at radius 3 is 2.38 bits per heavy atom. The molecule has 0 unspecified atom stereocenters. The Morgan fingerprint density at radius 1 is 0.976 bits per heavy atom. The lowest BCUT2D eigenvalue weighted by atomic mass is 10.0. The van der Waals surface area contributed by atoms with Crippen LogP contribution in [0.2, 0.25) is 0 Å². The fraction of sp³-hybridized carbons (Fsp3) is 0.258. The van der Waals surface area contributed by atoms with Gasteiger partial charge in [0.15, 0.2) is 0 Å². The first kappa shape index (κ1) is 28.7. The minimum Gasteiger partial charge on any atom is -0.507 e. The average Bonchev–Trinajstić information content (AvgIpc) is 3.65. The summed E-state index contributed by atoms with van der Waals surface area (Å²) < 4.78 is 42.5. The number of anilines is 1. The van der Waals surface area contributed by atoms with E-state index in [1.807, 2.05) is 30.3 Å².